The number of Topliss-reactive ketones (excluding diaryl/α,β-unsaturated/α-hetero) is 1. The summed E-state index contributed by atoms with van der Waals surface area (Å²) >= 11 is 0. The molecule has 0 spiro atoms. The van der Waals surface area contributed by atoms with Gasteiger partial charge in [-0.2, -0.15) is 0 Å². The molecule has 4 aliphatic rings. The van der Waals surface area contributed by atoms with Crippen molar-refractivity contribution in [1.82, 2.24) is 4.90 Å². The lowest BCUT2D eigenvalue weighted by Crippen LogP contribution is -2.40. The Kier molecular flexibility index (Phi) is 6.09. The summed E-state index contributed by atoms with van der Waals surface area (Å²) in [5, 5.41) is 19.0. The van der Waals surface area contributed by atoms with Crippen LogP contribution < -0.4 is 4.74 Å². The number of phenols is 1. The van der Waals surface area contributed by atoms with Crippen LogP contribution in [0.3, 0.4) is 0 Å². The molecule has 1 saturated heterocycles. The van der Waals surface area contributed by atoms with Gasteiger partial charge >= 0.3 is 5.97 Å². The molecular weight excluding hydrogens is 478 g/mol. The number of benzene rings is 1. The van der Waals surface area contributed by atoms with Gasteiger partial charge in [-0.1, -0.05) is 17.7 Å². The van der Waals surface area contributed by atoms with Gasteiger partial charge in [-0.15, -0.1) is 0 Å². The Balaban J connectivity index is 1.61. The van der Waals surface area contributed by atoms with E-state index in [1.54, 1.807) is 13.0 Å². The number of carboxylic acid groups (broad SMARTS) is 1. The smallest absolute Gasteiger partial charge is 0.303 e. The number of methoxy groups -OCH3 is 1. The first-order valence-electron chi connectivity index (χ1n) is 12.3. The van der Waals surface area contributed by atoms with Gasteiger partial charge < -0.3 is 14.9 Å². The van der Waals surface area contributed by atoms with Crippen LogP contribution in [0.2, 0.25) is 0 Å². The van der Waals surface area contributed by atoms with Crippen molar-refractivity contribution in [1.29, 1.82) is 0 Å². The fraction of sp³-hybridized carbons (Fsp3) is 0.393. The molecule has 37 heavy (non-hydrogen) atoms. The third-order valence-corrected chi connectivity index (χ3v) is 7.95. The lowest BCUT2D eigenvalue weighted by atomic mass is 9.59. The molecule has 0 bridgehead atoms. The minimum absolute atomic E-state index is 0.0183. The molecule has 5 rings (SSSR count). The van der Waals surface area contributed by atoms with E-state index in [-0.39, 0.29) is 54.9 Å². The summed E-state index contributed by atoms with van der Waals surface area (Å²) in [5.41, 5.74) is 2.38. The number of carbonyl (C=O) groups is 5. The number of hydrogen-bond donors (Lipinski definition) is 2. The molecule has 3 aliphatic carbocycles. The summed E-state index contributed by atoms with van der Waals surface area (Å²) in [4.78, 5) is 65.4. The zero-order valence-electron chi connectivity index (χ0n) is 20.5. The van der Waals surface area contributed by atoms with Crippen molar-refractivity contribution in [2.45, 2.75) is 38.5 Å². The number of allylic oxidation sites excluding steroid dienone is 6. The van der Waals surface area contributed by atoms with Crippen molar-refractivity contribution in [3.8, 4) is 11.5 Å². The van der Waals surface area contributed by atoms with Crippen LogP contribution in [0, 0.1) is 17.8 Å². The lowest BCUT2D eigenvalue weighted by molar-refractivity contribution is -0.142. The molecule has 2 N–H and O–H groups in total. The third kappa shape index (κ3) is 3.89. The number of ether oxygens (including phenoxy) is 1. The van der Waals surface area contributed by atoms with Crippen molar-refractivity contribution >= 4 is 29.4 Å². The van der Waals surface area contributed by atoms with Gasteiger partial charge in [-0.25, -0.2) is 0 Å². The Bertz CT molecular complexity index is 1350. The van der Waals surface area contributed by atoms with Crippen LogP contribution in [-0.4, -0.2) is 58.1 Å². The van der Waals surface area contributed by atoms with Crippen molar-refractivity contribution < 1.29 is 38.9 Å². The number of ketones is 2. The predicted molar refractivity (Wildman–Crippen MR) is 130 cm³/mol. The van der Waals surface area contributed by atoms with Gasteiger partial charge in [0, 0.05) is 47.2 Å². The monoisotopic (exact) mass is 505 g/mol. The van der Waals surface area contributed by atoms with Gasteiger partial charge in [0.25, 0.3) is 0 Å². The fourth-order valence-electron chi connectivity index (χ4n) is 6.35. The normalized spacial score (nSPS) is 26.9. The molecular formula is C28H27NO8. The van der Waals surface area contributed by atoms with E-state index in [1.807, 2.05) is 6.08 Å². The first-order valence-corrected chi connectivity index (χ1v) is 12.3. The molecule has 1 aromatic rings. The number of carbonyl (C=O) groups excluding carboxylic acids is 4. The van der Waals surface area contributed by atoms with Gasteiger partial charge in [-0.3, -0.25) is 28.9 Å². The first kappa shape index (κ1) is 24.7. The highest BCUT2D eigenvalue weighted by molar-refractivity contribution is 6.23. The number of rotatable bonds is 6. The second-order valence-electron chi connectivity index (χ2n) is 9.98. The second-order valence-corrected chi connectivity index (χ2v) is 9.98. The van der Waals surface area contributed by atoms with Crippen LogP contribution in [0.15, 0.2) is 52.6 Å². The van der Waals surface area contributed by atoms with Crippen LogP contribution in [-0.2, 0) is 24.0 Å². The first-order chi connectivity index (χ1) is 17.6. The molecule has 9 heteroatoms. The van der Waals surface area contributed by atoms with Crippen molar-refractivity contribution in [3.05, 3.63) is 58.2 Å². The molecule has 0 saturated carbocycles. The SMILES string of the molecule is COc1cc(O)ccc1[C@H]1C2=CC[C@@H]3C(=O)N(CCCC(=O)O)C(=O)[C@@H]3[C@@H]2CC2=C1C(=O)C=C(C)C2=O. The predicted octanol–water partition coefficient (Wildman–Crippen LogP) is 2.70. The Hall–Kier alpha value is -4.01. The Morgan fingerprint density at radius 3 is 2.59 bits per heavy atom. The standard InChI is InChI=1S/C28H27NO8/c1-13-10-20(31)25-19(26(13)34)12-18-15(23(25)16-6-5-14(30)11-21(16)37-2)7-8-17-24(18)28(36)29(27(17)35)9-3-4-22(32)33/h5-7,10-11,17-18,23-24,30H,3-4,8-9,12H2,1-2H3,(H,32,33)/t17-,18+,23+,24-/m0/s1. The number of amides is 2. The van der Waals surface area contributed by atoms with E-state index >= 15 is 0 Å². The molecule has 1 fully saturated rings. The van der Waals surface area contributed by atoms with E-state index in [0.717, 1.165) is 10.5 Å². The molecule has 0 unspecified atom stereocenters. The number of nitrogens with zero attached hydrogens (tertiary/aromatic N) is 1. The van der Waals surface area contributed by atoms with E-state index < -0.39 is 29.6 Å². The summed E-state index contributed by atoms with van der Waals surface area (Å²) in [6.07, 6.45) is 3.71. The maximum Gasteiger partial charge on any atom is 0.303 e. The number of phenolic OH excluding ortho intramolecular Hbond substituents is 1. The average molecular weight is 506 g/mol. The minimum atomic E-state index is -0.998. The molecule has 1 aliphatic heterocycles. The number of aromatic hydroxyl groups is 1. The molecule has 192 valence electrons. The Morgan fingerprint density at radius 2 is 1.89 bits per heavy atom. The number of likely N-dealkylation sites (tertiary alicyclic amines) is 1. The number of fused-ring (bicyclic) bond motifs is 3. The number of imide groups is 1. The lowest BCUT2D eigenvalue weighted by Gasteiger charge is -2.42. The average Bonchev–Trinajstić information content (AvgIpc) is 3.11. The summed E-state index contributed by atoms with van der Waals surface area (Å²) < 4.78 is 5.53. The van der Waals surface area contributed by atoms with Gasteiger partial charge in [-0.05, 0) is 44.2 Å². The maximum absolute atomic E-state index is 13.6. The molecule has 4 atom stereocenters. The van der Waals surface area contributed by atoms with Crippen molar-refractivity contribution in [3.63, 3.8) is 0 Å². The van der Waals surface area contributed by atoms with Gasteiger partial charge in [0.05, 0.1) is 18.9 Å². The van der Waals surface area contributed by atoms with E-state index in [9.17, 15) is 29.1 Å². The van der Waals surface area contributed by atoms with Crippen LogP contribution >= 0.6 is 0 Å². The molecule has 9 nitrogen and oxygen atoms in total. The number of carboxylic acids is 1. The van der Waals surface area contributed by atoms with E-state index in [2.05, 4.69) is 0 Å². The summed E-state index contributed by atoms with van der Waals surface area (Å²) in [5.74, 6) is -4.35. The highest BCUT2D eigenvalue weighted by atomic mass is 16.5. The van der Waals surface area contributed by atoms with Gasteiger partial charge in [0.1, 0.15) is 11.5 Å². The second kappa shape index (κ2) is 9.14. The van der Waals surface area contributed by atoms with Crippen molar-refractivity contribution in [2.24, 2.45) is 17.8 Å². The van der Waals surface area contributed by atoms with Crippen molar-refractivity contribution in [2.75, 3.05) is 13.7 Å². The van der Waals surface area contributed by atoms with Crippen LogP contribution in [0.25, 0.3) is 0 Å². The van der Waals surface area contributed by atoms with Gasteiger partial charge in [0.2, 0.25) is 11.8 Å². The van der Waals surface area contributed by atoms with Gasteiger partial charge in [0.15, 0.2) is 11.6 Å². The zero-order valence-corrected chi connectivity index (χ0v) is 20.5. The quantitative estimate of drug-likeness (QED) is 0.342. The fourth-order valence-corrected chi connectivity index (χ4v) is 6.35. The molecule has 1 aromatic carbocycles. The maximum atomic E-state index is 13.6. The molecule has 0 radical (unpaired) electrons. The van der Waals surface area contributed by atoms with Crippen LogP contribution in [0.4, 0.5) is 0 Å². The number of aliphatic carboxylic acids is 1. The van der Waals surface area contributed by atoms with Crippen LogP contribution in [0.1, 0.15) is 44.1 Å². The topological polar surface area (TPSA) is 138 Å². The third-order valence-electron chi connectivity index (χ3n) is 7.95. The summed E-state index contributed by atoms with van der Waals surface area (Å²) in [6, 6.07) is 4.58. The summed E-state index contributed by atoms with van der Waals surface area (Å²) in [6.45, 7) is 1.62. The number of hydrogen-bond acceptors (Lipinski definition) is 7. The zero-order chi connectivity index (χ0) is 26.6. The highest BCUT2D eigenvalue weighted by Crippen LogP contribution is 2.56. The van der Waals surface area contributed by atoms with E-state index in [1.165, 1.54) is 25.3 Å². The largest absolute Gasteiger partial charge is 0.508 e. The highest BCUT2D eigenvalue weighted by Gasteiger charge is 2.56. The molecule has 2 amide bonds. The van der Waals surface area contributed by atoms with E-state index in [0.29, 0.717) is 34.5 Å². The van der Waals surface area contributed by atoms with E-state index in [4.69, 9.17) is 9.84 Å². The Morgan fingerprint density at radius 1 is 1.14 bits per heavy atom. The molecule has 0 aromatic heterocycles. The summed E-state index contributed by atoms with van der Waals surface area (Å²) in [7, 11) is 1.45. The molecule has 1 heterocycles. The van der Waals surface area contributed by atoms with Crippen LogP contribution in [0.5, 0.6) is 11.5 Å². The minimum Gasteiger partial charge on any atom is -0.508 e. The Labute approximate surface area is 213 Å².